The molecule has 1 aliphatic rings. The van der Waals surface area contributed by atoms with Crippen LogP contribution in [0.15, 0.2) is 36.4 Å². The van der Waals surface area contributed by atoms with Crippen LogP contribution in [0, 0.1) is 19.8 Å². The highest BCUT2D eigenvalue weighted by atomic mass is 35.5. The number of aromatic carboxylic acids is 1. The van der Waals surface area contributed by atoms with Gasteiger partial charge in [0.25, 0.3) is 5.91 Å². The molecule has 2 aromatic heterocycles. The van der Waals surface area contributed by atoms with Gasteiger partial charge >= 0.3 is 5.97 Å². The maximum atomic E-state index is 14.0. The first-order valence-electron chi connectivity index (χ1n) is 13.8. The lowest BCUT2D eigenvalue weighted by Gasteiger charge is -2.21. The smallest absolute Gasteiger partial charge is 0.335 e. The van der Waals surface area contributed by atoms with Gasteiger partial charge in [0.05, 0.1) is 21.8 Å². The Labute approximate surface area is 239 Å². The zero-order chi connectivity index (χ0) is 28.7. The van der Waals surface area contributed by atoms with Gasteiger partial charge in [0.2, 0.25) is 0 Å². The van der Waals surface area contributed by atoms with Crippen molar-refractivity contribution >= 4 is 40.1 Å². The minimum atomic E-state index is -0.985. The van der Waals surface area contributed by atoms with Crippen molar-refractivity contribution in [2.45, 2.75) is 53.6 Å². The van der Waals surface area contributed by atoms with Crippen LogP contribution in [0.3, 0.4) is 0 Å². The Morgan fingerprint density at radius 3 is 2.58 bits per heavy atom. The summed E-state index contributed by atoms with van der Waals surface area (Å²) in [6.45, 7) is 10.6. The second-order valence-electron chi connectivity index (χ2n) is 11.1. The van der Waals surface area contributed by atoms with Crippen molar-refractivity contribution < 1.29 is 14.7 Å². The lowest BCUT2D eigenvalue weighted by molar-refractivity contribution is 0.0696. The van der Waals surface area contributed by atoms with E-state index in [1.807, 2.05) is 54.7 Å². The van der Waals surface area contributed by atoms with Crippen molar-refractivity contribution in [2.24, 2.45) is 13.0 Å². The molecule has 2 aromatic carbocycles. The van der Waals surface area contributed by atoms with Crippen molar-refractivity contribution in [1.29, 1.82) is 0 Å². The molecule has 5 rings (SSSR count). The van der Waals surface area contributed by atoms with Gasteiger partial charge < -0.3 is 19.9 Å². The maximum Gasteiger partial charge on any atom is 0.335 e. The summed E-state index contributed by atoms with van der Waals surface area (Å²) in [6, 6.07) is 11.1. The number of carboxylic acids is 1. The Morgan fingerprint density at radius 2 is 1.90 bits per heavy atom. The molecule has 1 aliphatic heterocycles. The standard InChI is InChI=1S/C31H36ClN5O3/c1-18(2)9-10-33-24-14-21(13-23(15-24)31(39)40)17-36-11-6-12-37-26(30(36)38)16-22-7-8-25(32)28(29(22)37)27-19(3)34-35(5)20(27)4/h7-8,13-16,18,33H,6,9-12,17H2,1-5H3,(H,39,40). The molecule has 40 heavy (non-hydrogen) atoms. The van der Waals surface area contributed by atoms with Crippen molar-refractivity contribution in [3.05, 3.63) is 69.6 Å². The SMILES string of the molecule is Cc1nn(C)c(C)c1-c1c(Cl)ccc2cc3n(c12)CCCN(Cc1cc(NCCC(C)C)cc(C(=O)O)c1)C3=O. The van der Waals surface area contributed by atoms with E-state index in [0.717, 1.165) is 64.1 Å². The topological polar surface area (TPSA) is 92.4 Å². The second kappa shape index (κ2) is 11.0. The number of aromatic nitrogens is 3. The molecule has 0 saturated carbocycles. The number of fused-ring (bicyclic) bond motifs is 3. The van der Waals surface area contributed by atoms with Crippen molar-refractivity contribution in [3.8, 4) is 11.1 Å². The summed E-state index contributed by atoms with van der Waals surface area (Å²) in [7, 11) is 1.92. The fraction of sp³-hybridized carbons (Fsp3) is 0.387. The van der Waals surface area contributed by atoms with Gasteiger partial charge in [-0.05, 0) is 68.5 Å². The molecule has 0 atom stereocenters. The van der Waals surface area contributed by atoms with Crippen LogP contribution in [-0.2, 0) is 20.1 Å². The molecule has 0 aliphatic carbocycles. The number of halogens is 1. The monoisotopic (exact) mass is 561 g/mol. The number of benzene rings is 2. The van der Waals surface area contributed by atoms with Crippen LogP contribution < -0.4 is 5.32 Å². The minimum absolute atomic E-state index is 0.0783. The van der Waals surface area contributed by atoms with Gasteiger partial charge in [0, 0.05) is 61.1 Å². The zero-order valence-corrected chi connectivity index (χ0v) is 24.5. The second-order valence-corrected chi connectivity index (χ2v) is 11.5. The lowest BCUT2D eigenvalue weighted by Crippen LogP contribution is -2.30. The molecule has 0 radical (unpaired) electrons. The van der Waals surface area contributed by atoms with E-state index in [1.54, 1.807) is 12.1 Å². The average Bonchev–Trinajstić information content (AvgIpc) is 3.33. The summed E-state index contributed by atoms with van der Waals surface area (Å²) in [5, 5.41) is 19.3. The number of anilines is 1. The molecule has 0 bridgehead atoms. The van der Waals surface area contributed by atoms with E-state index in [2.05, 4.69) is 28.8 Å². The predicted octanol–water partition coefficient (Wildman–Crippen LogP) is 6.51. The van der Waals surface area contributed by atoms with E-state index in [4.69, 9.17) is 11.6 Å². The Bertz CT molecular complexity index is 1620. The largest absolute Gasteiger partial charge is 0.478 e. The van der Waals surface area contributed by atoms with Crippen LogP contribution in [0.25, 0.3) is 22.0 Å². The molecular weight excluding hydrogens is 526 g/mol. The molecule has 0 fully saturated rings. The summed E-state index contributed by atoms with van der Waals surface area (Å²) in [5.74, 6) is -0.524. The first-order valence-corrected chi connectivity index (χ1v) is 14.2. The summed E-state index contributed by atoms with van der Waals surface area (Å²) in [6.07, 6.45) is 1.74. The minimum Gasteiger partial charge on any atom is -0.478 e. The van der Waals surface area contributed by atoms with Gasteiger partial charge in [-0.25, -0.2) is 4.79 Å². The number of carbonyl (C=O) groups excluding carboxylic acids is 1. The molecule has 4 aromatic rings. The Hall–Kier alpha value is -3.78. The molecular formula is C31H36ClN5O3. The van der Waals surface area contributed by atoms with E-state index in [-0.39, 0.29) is 11.5 Å². The van der Waals surface area contributed by atoms with Gasteiger partial charge in [-0.1, -0.05) is 31.5 Å². The number of carboxylic acid groups (broad SMARTS) is 1. The van der Waals surface area contributed by atoms with Gasteiger partial charge in [-0.3, -0.25) is 9.48 Å². The fourth-order valence-electron chi connectivity index (χ4n) is 5.69. The highest BCUT2D eigenvalue weighted by molar-refractivity contribution is 6.35. The number of hydrogen-bond acceptors (Lipinski definition) is 4. The number of nitrogens with one attached hydrogen (secondary N) is 1. The van der Waals surface area contributed by atoms with Crippen molar-refractivity contribution in [2.75, 3.05) is 18.4 Å². The van der Waals surface area contributed by atoms with E-state index in [9.17, 15) is 14.7 Å². The summed E-state index contributed by atoms with van der Waals surface area (Å²) >= 11 is 6.81. The lowest BCUT2D eigenvalue weighted by atomic mass is 10.0. The van der Waals surface area contributed by atoms with Gasteiger partial charge in [0.15, 0.2) is 0 Å². The molecule has 9 heteroatoms. The average molecular weight is 562 g/mol. The van der Waals surface area contributed by atoms with E-state index < -0.39 is 5.97 Å². The highest BCUT2D eigenvalue weighted by Gasteiger charge is 2.28. The van der Waals surface area contributed by atoms with Crippen molar-refractivity contribution in [1.82, 2.24) is 19.2 Å². The van der Waals surface area contributed by atoms with E-state index in [1.165, 1.54) is 0 Å². The Balaban J connectivity index is 1.52. The predicted molar refractivity (Wildman–Crippen MR) is 159 cm³/mol. The van der Waals surface area contributed by atoms with Gasteiger partial charge in [-0.2, -0.15) is 5.10 Å². The van der Waals surface area contributed by atoms with Crippen LogP contribution in [-0.4, -0.2) is 49.3 Å². The number of rotatable bonds is 8. The van der Waals surface area contributed by atoms with Crippen LogP contribution in [0.1, 0.15) is 64.5 Å². The molecule has 8 nitrogen and oxygen atoms in total. The zero-order valence-electron chi connectivity index (χ0n) is 23.7. The first kappa shape index (κ1) is 27.8. The fourth-order valence-corrected chi connectivity index (χ4v) is 5.93. The summed E-state index contributed by atoms with van der Waals surface area (Å²) in [5.41, 5.74) is 7.12. The third kappa shape index (κ3) is 5.20. The maximum absolute atomic E-state index is 14.0. The first-order chi connectivity index (χ1) is 19.0. The number of nitrogens with zero attached hydrogens (tertiary/aromatic N) is 4. The number of carbonyl (C=O) groups is 2. The van der Waals surface area contributed by atoms with Crippen LogP contribution >= 0.6 is 11.6 Å². The van der Waals surface area contributed by atoms with Crippen LogP contribution in [0.5, 0.6) is 0 Å². The summed E-state index contributed by atoms with van der Waals surface area (Å²) in [4.78, 5) is 27.6. The molecule has 0 unspecified atom stereocenters. The molecule has 0 saturated heterocycles. The van der Waals surface area contributed by atoms with Crippen LogP contribution in [0.2, 0.25) is 5.02 Å². The third-order valence-corrected chi connectivity index (χ3v) is 8.07. The quantitative estimate of drug-likeness (QED) is 0.256. The van der Waals surface area contributed by atoms with Gasteiger partial charge in [0.1, 0.15) is 5.69 Å². The molecule has 1 amide bonds. The van der Waals surface area contributed by atoms with E-state index >= 15 is 0 Å². The summed E-state index contributed by atoms with van der Waals surface area (Å²) < 4.78 is 3.95. The van der Waals surface area contributed by atoms with Crippen LogP contribution in [0.4, 0.5) is 5.69 Å². The van der Waals surface area contributed by atoms with Crippen molar-refractivity contribution in [3.63, 3.8) is 0 Å². The number of amides is 1. The molecule has 3 heterocycles. The molecule has 0 spiro atoms. The normalized spacial score (nSPS) is 13.7. The Kier molecular flexibility index (Phi) is 7.64. The molecule has 210 valence electrons. The number of aryl methyl sites for hydroxylation is 3. The van der Waals surface area contributed by atoms with E-state index in [0.29, 0.717) is 36.3 Å². The molecule has 2 N–H and O–H groups in total. The van der Waals surface area contributed by atoms with Gasteiger partial charge in [-0.15, -0.1) is 0 Å². The highest BCUT2D eigenvalue weighted by Crippen LogP contribution is 2.40. The number of hydrogen-bond donors (Lipinski definition) is 2. The Morgan fingerprint density at radius 1 is 1.12 bits per heavy atom. The third-order valence-electron chi connectivity index (χ3n) is 7.75.